The summed E-state index contributed by atoms with van der Waals surface area (Å²) in [6.07, 6.45) is 0. The van der Waals surface area contributed by atoms with Crippen molar-refractivity contribution in [3.63, 3.8) is 0 Å². The lowest BCUT2D eigenvalue weighted by Crippen LogP contribution is -2.05. The van der Waals surface area contributed by atoms with E-state index in [2.05, 4.69) is 33.1 Å². The first-order chi connectivity index (χ1) is 10.8. The number of hydrogen-bond donors (Lipinski definition) is 2. The van der Waals surface area contributed by atoms with Gasteiger partial charge in [0.25, 0.3) is 5.56 Å². The van der Waals surface area contributed by atoms with Crippen molar-refractivity contribution in [1.82, 2.24) is 14.9 Å². The summed E-state index contributed by atoms with van der Waals surface area (Å²) >= 11 is 0. The second kappa shape index (κ2) is 4.21. The fourth-order valence-electron chi connectivity index (χ4n) is 3.29. The normalized spacial score (nSPS) is 15.1. The zero-order valence-electron chi connectivity index (χ0n) is 12.0. The number of aromatic amines is 2. The Morgan fingerprint density at radius 3 is 2.36 bits per heavy atom. The van der Waals surface area contributed by atoms with Gasteiger partial charge in [-0.2, -0.15) is 0 Å². The van der Waals surface area contributed by atoms with Crippen molar-refractivity contribution in [2.45, 2.75) is 6.54 Å². The molecule has 4 nitrogen and oxygen atoms in total. The molecule has 1 fully saturated rings. The molecule has 3 heterocycles. The Morgan fingerprint density at radius 1 is 0.818 bits per heavy atom. The molecule has 0 atom stereocenters. The third-order valence-electron chi connectivity index (χ3n) is 4.53. The third kappa shape index (κ3) is 1.64. The van der Waals surface area contributed by atoms with Crippen molar-refractivity contribution in [3.05, 3.63) is 58.4 Å². The lowest BCUT2D eigenvalue weighted by Gasteiger charge is -2.02. The quantitative estimate of drug-likeness (QED) is 0.557. The molecule has 2 N–H and O–H groups in total. The van der Waals surface area contributed by atoms with Gasteiger partial charge in [0.2, 0.25) is 0 Å². The maximum atomic E-state index is 12.3. The predicted octanol–water partition coefficient (Wildman–Crippen LogP) is 2.98. The number of nitrogens with one attached hydrogen (secondary N) is 2. The molecule has 0 bridgehead atoms. The molecule has 0 unspecified atom stereocenters. The van der Waals surface area contributed by atoms with E-state index in [4.69, 9.17) is 0 Å². The largest absolute Gasteiger partial charge is 0.352 e. The zero-order valence-corrected chi connectivity index (χ0v) is 12.0. The van der Waals surface area contributed by atoms with Gasteiger partial charge in [-0.15, -0.1) is 0 Å². The highest BCUT2D eigenvalue weighted by Gasteiger charge is 2.19. The minimum absolute atomic E-state index is 0.0275. The van der Waals surface area contributed by atoms with Crippen LogP contribution < -0.4 is 5.56 Å². The maximum absolute atomic E-state index is 12.3. The Bertz CT molecular complexity index is 1090. The van der Waals surface area contributed by atoms with Crippen LogP contribution in [-0.2, 0) is 6.54 Å². The fraction of sp³-hybridized carbons (Fsp3) is 0.167. The zero-order chi connectivity index (χ0) is 14.7. The summed E-state index contributed by atoms with van der Waals surface area (Å²) in [4.78, 5) is 21.3. The SMILES string of the molecule is O=c1[nH]c2c3cccc(CN4CC4)c3[nH]c2c2ccccc12. The molecule has 1 saturated heterocycles. The van der Waals surface area contributed by atoms with Crippen molar-refractivity contribution in [2.75, 3.05) is 13.1 Å². The first-order valence-electron chi connectivity index (χ1n) is 7.58. The molecule has 5 rings (SSSR count). The van der Waals surface area contributed by atoms with Crippen molar-refractivity contribution in [3.8, 4) is 0 Å². The predicted molar refractivity (Wildman–Crippen MR) is 89.2 cm³/mol. The van der Waals surface area contributed by atoms with Gasteiger partial charge in [0.05, 0.1) is 16.6 Å². The van der Waals surface area contributed by atoms with E-state index >= 15 is 0 Å². The average Bonchev–Trinajstić information content (AvgIpc) is 3.28. The molecule has 0 saturated carbocycles. The Balaban J connectivity index is 1.93. The molecule has 0 amide bonds. The Hall–Kier alpha value is -2.59. The Morgan fingerprint density at radius 2 is 1.55 bits per heavy atom. The van der Waals surface area contributed by atoms with Crippen LogP contribution in [0.5, 0.6) is 0 Å². The van der Waals surface area contributed by atoms with Gasteiger partial charge in [0.1, 0.15) is 0 Å². The highest BCUT2D eigenvalue weighted by molar-refractivity contribution is 6.15. The minimum Gasteiger partial charge on any atom is -0.352 e. The van der Waals surface area contributed by atoms with Gasteiger partial charge >= 0.3 is 0 Å². The van der Waals surface area contributed by atoms with E-state index in [9.17, 15) is 4.79 Å². The number of rotatable bonds is 2. The summed E-state index contributed by atoms with van der Waals surface area (Å²) in [6.45, 7) is 3.32. The molecule has 108 valence electrons. The van der Waals surface area contributed by atoms with Crippen LogP contribution in [-0.4, -0.2) is 28.0 Å². The van der Waals surface area contributed by atoms with Crippen molar-refractivity contribution >= 4 is 32.7 Å². The second-order valence-electron chi connectivity index (χ2n) is 5.99. The third-order valence-corrected chi connectivity index (χ3v) is 4.53. The van der Waals surface area contributed by atoms with E-state index in [0.29, 0.717) is 0 Å². The van der Waals surface area contributed by atoms with Gasteiger partial charge in [-0.3, -0.25) is 9.69 Å². The number of fused-ring (bicyclic) bond motifs is 5. The van der Waals surface area contributed by atoms with Crippen LogP contribution in [0.1, 0.15) is 5.56 Å². The molecule has 0 aliphatic carbocycles. The van der Waals surface area contributed by atoms with E-state index in [1.807, 2.05) is 24.3 Å². The molecule has 4 heteroatoms. The van der Waals surface area contributed by atoms with E-state index in [1.165, 1.54) is 18.7 Å². The lowest BCUT2D eigenvalue weighted by molar-refractivity contribution is 0.558. The smallest absolute Gasteiger partial charge is 0.256 e. The molecule has 0 spiro atoms. The van der Waals surface area contributed by atoms with Crippen LogP contribution in [0.3, 0.4) is 0 Å². The summed E-state index contributed by atoms with van der Waals surface area (Å²) in [5, 5.41) is 2.81. The molecule has 4 aromatic rings. The van der Waals surface area contributed by atoms with Crippen LogP contribution in [0.4, 0.5) is 0 Å². The average molecular weight is 289 g/mol. The Kier molecular flexibility index (Phi) is 2.30. The van der Waals surface area contributed by atoms with Crippen LogP contribution in [0, 0.1) is 0 Å². The van der Waals surface area contributed by atoms with E-state index < -0.39 is 0 Å². The van der Waals surface area contributed by atoms with Crippen LogP contribution in [0.15, 0.2) is 47.3 Å². The number of H-pyrrole nitrogens is 2. The number of hydrogen-bond acceptors (Lipinski definition) is 2. The minimum atomic E-state index is -0.0275. The second-order valence-corrected chi connectivity index (χ2v) is 5.99. The van der Waals surface area contributed by atoms with E-state index in [1.54, 1.807) is 0 Å². The molecule has 0 radical (unpaired) electrons. The monoisotopic (exact) mass is 289 g/mol. The van der Waals surface area contributed by atoms with Gasteiger partial charge < -0.3 is 9.97 Å². The van der Waals surface area contributed by atoms with Crippen LogP contribution >= 0.6 is 0 Å². The van der Waals surface area contributed by atoms with E-state index in [-0.39, 0.29) is 5.56 Å². The molecule has 2 aromatic carbocycles. The number of benzene rings is 2. The summed E-state index contributed by atoms with van der Waals surface area (Å²) in [5.41, 5.74) is 4.32. The maximum Gasteiger partial charge on any atom is 0.256 e. The topological polar surface area (TPSA) is 51.7 Å². The lowest BCUT2D eigenvalue weighted by atomic mass is 10.1. The summed E-state index contributed by atoms with van der Waals surface area (Å²) in [6, 6.07) is 14.1. The molecule has 1 aliphatic heterocycles. The van der Waals surface area contributed by atoms with Gasteiger partial charge in [-0.05, 0) is 11.6 Å². The fourth-order valence-corrected chi connectivity index (χ4v) is 3.29. The summed E-state index contributed by atoms with van der Waals surface area (Å²) < 4.78 is 0. The van der Waals surface area contributed by atoms with Crippen LogP contribution in [0.25, 0.3) is 32.7 Å². The standard InChI is InChI=1S/C18H15N3O/c22-18-13-6-2-1-5-12(13)16-17(20-18)14-7-3-4-11(15(14)19-16)10-21-8-9-21/h1-7,19H,8-10H2,(H,20,22). The number of nitrogens with zero attached hydrogens (tertiary/aromatic N) is 1. The van der Waals surface area contributed by atoms with Crippen LogP contribution in [0.2, 0.25) is 0 Å². The van der Waals surface area contributed by atoms with Gasteiger partial charge in [0, 0.05) is 35.8 Å². The number of para-hydroxylation sites is 1. The molecular weight excluding hydrogens is 274 g/mol. The van der Waals surface area contributed by atoms with Crippen molar-refractivity contribution < 1.29 is 0 Å². The van der Waals surface area contributed by atoms with Gasteiger partial charge in [0.15, 0.2) is 0 Å². The first kappa shape index (κ1) is 12.0. The van der Waals surface area contributed by atoms with E-state index in [0.717, 1.165) is 39.3 Å². The number of aromatic nitrogens is 2. The first-order valence-corrected chi connectivity index (χ1v) is 7.58. The molecule has 22 heavy (non-hydrogen) atoms. The number of pyridine rings is 1. The van der Waals surface area contributed by atoms with Gasteiger partial charge in [-0.1, -0.05) is 36.4 Å². The molecule has 2 aromatic heterocycles. The molecular formula is C18H15N3O. The Labute approximate surface area is 126 Å². The van der Waals surface area contributed by atoms with Gasteiger partial charge in [-0.25, -0.2) is 0 Å². The highest BCUT2D eigenvalue weighted by Crippen LogP contribution is 2.30. The highest BCUT2D eigenvalue weighted by atomic mass is 16.1. The molecule has 1 aliphatic rings. The summed E-state index contributed by atoms with van der Waals surface area (Å²) in [7, 11) is 0. The summed E-state index contributed by atoms with van der Waals surface area (Å²) in [5.74, 6) is 0. The van der Waals surface area contributed by atoms with Crippen molar-refractivity contribution in [1.29, 1.82) is 0 Å². The van der Waals surface area contributed by atoms with Crippen molar-refractivity contribution in [2.24, 2.45) is 0 Å².